The fourth-order valence-electron chi connectivity index (χ4n) is 2.33. The lowest BCUT2D eigenvalue weighted by Crippen LogP contribution is -2.29. The third-order valence-electron chi connectivity index (χ3n) is 3.99. The van der Waals surface area contributed by atoms with E-state index in [-0.39, 0.29) is 16.8 Å². The molecule has 0 spiro atoms. The molecule has 0 unspecified atom stereocenters. The van der Waals surface area contributed by atoms with E-state index in [9.17, 15) is 13.2 Å². The van der Waals surface area contributed by atoms with Crippen LogP contribution in [0.15, 0.2) is 58.6 Å². The molecule has 3 rings (SSSR count). The number of rotatable bonds is 7. The summed E-state index contributed by atoms with van der Waals surface area (Å²) in [5, 5.41) is 3.20. The molecular formula is C18H21N3O3S2. The predicted octanol–water partition coefficient (Wildman–Crippen LogP) is 2.44. The maximum atomic E-state index is 12.7. The van der Waals surface area contributed by atoms with Crippen molar-refractivity contribution in [3.05, 3.63) is 54.2 Å². The van der Waals surface area contributed by atoms with E-state index in [1.165, 1.54) is 38.1 Å². The second-order valence-corrected chi connectivity index (χ2v) is 9.59. The van der Waals surface area contributed by atoms with E-state index in [4.69, 9.17) is 0 Å². The molecule has 6 nitrogen and oxygen atoms in total. The molecule has 8 heteroatoms. The summed E-state index contributed by atoms with van der Waals surface area (Å²) in [5.41, 5.74) is 0.891. The molecule has 1 amide bonds. The van der Waals surface area contributed by atoms with E-state index in [1.54, 1.807) is 6.07 Å². The van der Waals surface area contributed by atoms with Crippen LogP contribution in [-0.4, -0.2) is 43.8 Å². The maximum absolute atomic E-state index is 12.7. The van der Waals surface area contributed by atoms with E-state index in [0.29, 0.717) is 5.03 Å². The van der Waals surface area contributed by atoms with Crippen molar-refractivity contribution in [2.45, 2.75) is 34.1 Å². The number of nitrogens with one attached hydrogen (secondary N) is 1. The average molecular weight is 392 g/mol. The molecule has 0 bridgehead atoms. The van der Waals surface area contributed by atoms with Crippen LogP contribution in [0.1, 0.15) is 23.7 Å². The van der Waals surface area contributed by atoms with Gasteiger partial charge < -0.3 is 5.32 Å². The van der Waals surface area contributed by atoms with Crippen molar-refractivity contribution in [3.63, 3.8) is 0 Å². The summed E-state index contributed by atoms with van der Waals surface area (Å²) in [6, 6.07) is 13.0. The van der Waals surface area contributed by atoms with Gasteiger partial charge in [0.25, 0.3) is 0 Å². The highest BCUT2D eigenvalue weighted by molar-refractivity contribution is 8.00. The van der Waals surface area contributed by atoms with Crippen molar-refractivity contribution in [2.24, 2.45) is 0 Å². The monoisotopic (exact) mass is 391 g/mol. The van der Waals surface area contributed by atoms with Crippen LogP contribution in [0.3, 0.4) is 0 Å². The van der Waals surface area contributed by atoms with E-state index in [2.05, 4.69) is 10.3 Å². The van der Waals surface area contributed by atoms with E-state index < -0.39 is 15.3 Å². The van der Waals surface area contributed by atoms with Gasteiger partial charge in [0.15, 0.2) is 0 Å². The number of carbonyl (C=O) groups excluding carboxylic acids is 1. The zero-order valence-corrected chi connectivity index (χ0v) is 16.3. The smallest absolute Gasteiger partial charge is 0.244 e. The lowest BCUT2D eigenvalue weighted by atomic mass is 10.1. The molecule has 26 heavy (non-hydrogen) atoms. The quantitative estimate of drug-likeness (QED) is 0.734. The van der Waals surface area contributed by atoms with E-state index in [1.807, 2.05) is 30.3 Å². The SMILES string of the molecule is CN(C)S(=O)(=O)c1ccc(S[C@H](C(=O)NC2CC2)c2ccccc2)nc1. The number of aromatic nitrogens is 1. The third-order valence-corrected chi connectivity index (χ3v) is 6.99. The van der Waals surface area contributed by atoms with Crippen LogP contribution in [-0.2, 0) is 14.8 Å². The molecule has 1 aromatic heterocycles. The average Bonchev–Trinajstić information content (AvgIpc) is 3.44. The molecule has 1 N–H and O–H groups in total. The maximum Gasteiger partial charge on any atom is 0.244 e. The van der Waals surface area contributed by atoms with Gasteiger partial charge in [0.05, 0.1) is 5.03 Å². The number of sulfonamides is 1. The summed E-state index contributed by atoms with van der Waals surface area (Å²) in [4.78, 5) is 17.0. The number of carbonyl (C=O) groups is 1. The molecule has 1 saturated carbocycles. The van der Waals surface area contributed by atoms with Gasteiger partial charge in [-0.2, -0.15) is 0 Å². The number of pyridine rings is 1. The Kier molecular flexibility index (Phi) is 5.64. The summed E-state index contributed by atoms with van der Waals surface area (Å²) in [6.07, 6.45) is 3.37. The molecule has 1 aliphatic rings. The van der Waals surface area contributed by atoms with Crippen molar-refractivity contribution in [1.82, 2.24) is 14.6 Å². The Bertz CT molecular complexity index is 864. The van der Waals surface area contributed by atoms with Crippen molar-refractivity contribution >= 4 is 27.7 Å². The molecule has 2 aromatic rings. The highest BCUT2D eigenvalue weighted by Crippen LogP contribution is 2.35. The largest absolute Gasteiger partial charge is 0.352 e. The Morgan fingerprint density at radius 3 is 2.42 bits per heavy atom. The number of hydrogen-bond donors (Lipinski definition) is 1. The van der Waals surface area contributed by atoms with Crippen LogP contribution >= 0.6 is 11.8 Å². The molecule has 0 saturated heterocycles. The molecule has 0 radical (unpaired) electrons. The molecule has 1 atom stereocenters. The van der Waals surface area contributed by atoms with Gasteiger partial charge in [-0.05, 0) is 30.5 Å². The Hall–Kier alpha value is -1.90. The first-order chi connectivity index (χ1) is 12.4. The van der Waals surface area contributed by atoms with Crippen LogP contribution in [0.2, 0.25) is 0 Å². The van der Waals surface area contributed by atoms with Gasteiger partial charge in [0.2, 0.25) is 15.9 Å². The Balaban J connectivity index is 1.81. The van der Waals surface area contributed by atoms with Crippen molar-refractivity contribution < 1.29 is 13.2 Å². The summed E-state index contributed by atoms with van der Waals surface area (Å²) in [6.45, 7) is 0. The Morgan fingerprint density at radius 1 is 1.19 bits per heavy atom. The first-order valence-corrected chi connectivity index (χ1v) is 10.6. The van der Waals surface area contributed by atoms with Crippen LogP contribution in [0, 0.1) is 0 Å². The number of hydrogen-bond acceptors (Lipinski definition) is 5. The van der Waals surface area contributed by atoms with Gasteiger partial charge in [0.1, 0.15) is 10.1 Å². The normalized spacial score (nSPS) is 15.7. The molecular weight excluding hydrogens is 370 g/mol. The zero-order valence-electron chi connectivity index (χ0n) is 14.6. The van der Waals surface area contributed by atoms with Gasteiger partial charge in [0, 0.05) is 26.3 Å². The predicted molar refractivity (Wildman–Crippen MR) is 101 cm³/mol. The highest BCUT2D eigenvalue weighted by Gasteiger charge is 2.29. The minimum atomic E-state index is -3.52. The van der Waals surface area contributed by atoms with Gasteiger partial charge >= 0.3 is 0 Å². The summed E-state index contributed by atoms with van der Waals surface area (Å²) >= 11 is 1.32. The minimum absolute atomic E-state index is 0.0458. The molecule has 0 aliphatic heterocycles. The standard InChI is InChI=1S/C18H21N3O3S2/c1-21(2)26(23,24)15-10-11-16(19-12-15)25-17(13-6-4-3-5-7-13)18(22)20-14-8-9-14/h3-7,10-12,14,17H,8-9H2,1-2H3,(H,20,22)/t17-/m0/s1. The third kappa shape index (κ3) is 4.44. The summed E-state index contributed by atoms with van der Waals surface area (Å²) in [7, 11) is -0.560. The minimum Gasteiger partial charge on any atom is -0.352 e. The van der Waals surface area contributed by atoms with Gasteiger partial charge in [-0.1, -0.05) is 42.1 Å². The van der Waals surface area contributed by atoms with Gasteiger partial charge in [-0.3, -0.25) is 4.79 Å². The fraction of sp³-hybridized carbons (Fsp3) is 0.333. The van der Waals surface area contributed by atoms with Gasteiger partial charge in [-0.15, -0.1) is 0 Å². The first-order valence-electron chi connectivity index (χ1n) is 8.28. The summed E-state index contributed by atoms with van der Waals surface area (Å²) < 4.78 is 25.4. The molecule has 1 aromatic carbocycles. The van der Waals surface area contributed by atoms with Crippen LogP contribution in [0.5, 0.6) is 0 Å². The highest BCUT2D eigenvalue weighted by atomic mass is 32.2. The molecule has 1 fully saturated rings. The van der Waals surface area contributed by atoms with E-state index in [0.717, 1.165) is 22.7 Å². The molecule has 1 heterocycles. The van der Waals surface area contributed by atoms with Crippen LogP contribution in [0.4, 0.5) is 0 Å². The second-order valence-electron chi connectivity index (χ2n) is 6.31. The lowest BCUT2D eigenvalue weighted by molar-refractivity contribution is -0.120. The van der Waals surface area contributed by atoms with E-state index >= 15 is 0 Å². The van der Waals surface area contributed by atoms with Crippen molar-refractivity contribution in [1.29, 1.82) is 0 Å². The van der Waals surface area contributed by atoms with Crippen molar-refractivity contribution in [2.75, 3.05) is 14.1 Å². The Labute approximate surface area is 158 Å². The Morgan fingerprint density at radius 2 is 1.88 bits per heavy atom. The zero-order chi connectivity index (χ0) is 18.7. The molecule has 1 aliphatic carbocycles. The summed E-state index contributed by atoms with van der Waals surface area (Å²) in [5.74, 6) is -0.0458. The lowest BCUT2D eigenvalue weighted by Gasteiger charge is -2.17. The second kappa shape index (κ2) is 7.77. The topological polar surface area (TPSA) is 79.4 Å². The van der Waals surface area contributed by atoms with Gasteiger partial charge in [-0.25, -0.2) is 17.7 Å². The van der Waals surface area contributed by atoms with Crippen LogP contribution < -0.4 is 5.32 Å². The fourth-order valence-corrected chi connectivity index (χ4v) is 4.14. The number of benzene rings is 1. The number of thioether (sulfide) groups is 1. The number of nitrogens with zero attached hydrogens (tertiary/aromatic N) is 2. The first kappa shape index (κ1) is 18.9. The molecule has 138 valence electrons. The number of amides is 1. The van der Waals surface area contributed by atoms with Crippen LogP contribution in [0.25, 0.3) is 0 Å². The van der Waals surface area contributed by atoms with Crippen molar-refractivity contribution in [3.8, 4) is 0 Å².